The standard InChI is InChI=1S/C21H21NO3/c1-20(2,23)16-9-13-11-18-19(12-14(13)10-17(16)22)25-21(3,24-18)15-7-5-4-6-8-15/h4-12,23H,22H2,1-3H3. The third-order valence-corrected chi connectivity index (χ3v) is 4.64. The van der Waals surface area contributed by atoms with Crippen molar-refractivity contribution < 1.29 is 14.6 Å². The van der Waals surface area contributed by atoms with Gasteiger partial charge in [-0.25, -0.2) is 0 Å². The fourth-order valence-corrected chi connectivity index (χ4v) is 3.31. The minimum absolute atomic E-state index is 0.560. The SMILES string of the molecule is CC(C)(O)c1cc2cc3c(cc2cc1N)OC(C)(c1ccccc1)O3. The van der Waals surface area contributed by atoms with Crippen molar-refractivity contribution in [2.45, 2.75) is 32.2 Å². The first-order chi connectivity index (χ1) is 11.8. The van der Waals surface area contributed by atoms with Crippen molar-refractivity contribution >= 4 is 16.5 Å². The van der Waals surface area contributed by atoms with Gasteiger partial charge in [-0.2, -0.15) is 0 Å². The fraction of sp³-hybridized carbons (Fsp3) is 0.238. The van der Waals surface area contributed by atoms with Crippen LogP contribution in [-0.2, 0) is 11.4 Å². The van der Waals surface area contributed by atoms with E-state index in [1.54, 1.807) is 13.8 Å². The fourth-order valence-electron chi connectivity index (χ4n) is 3.31. The molecule has 3 N–H and O–H groups in total. The van der Waals surface area contributed by atoms with Gasteiger partial charge in [0.1, 0.15) is 0 Å². The van der Waals surface area contributed by atoms with Gasteiger partial charge in [-0.05, 0) is 48.9 Å². The summed E-state index contributed by atoms with van der Waals surface area (Å²) in [5.41, 5.74) is 7.33. The summed E-state index contributed by atoms with van der Waals surface area (Å²) in [5.74, 6) is 0.519. The number of fused-ring (bicyclic) bond motifs is 2. The van der Waals surface area contributed by atoms with Crippen molar-refractivity contribution in [2.24, 2.45) is 0 Å². The molecule has 0 bridgehead atoms. The van der Waals surface area contributed by atoms with E-state index in [0.717, 1.165) is 16.3 Å². The van der Waals surface area contributed by atoms with Crippen LogP contribution in [0.25, 0.3) is 10.8 Å². The molecule has 1 aliphatic heterocycles. The molecule has 1 aliphatic rings. The van der Waals surface area contributed by atoms with Crippen LogP contribution in [0.2, 0.25) is 0 Å². The second-order valence-electron chi connectivity index (χ2n) is 7.16. The molecule has 0 saturated heterocycles. The van der Waals surface area contributed by atoms with Gasteiger partial charge in [0.25, 0.3) is 5.79 Å². The Kier molecular flexibility index (Phi) is 3.24. The molecule has 3 aromatic carbocycles. The zero-order valence-electron chi connectivity index (χ0n) is 14.5. The molecule has 3 aromatic rings. The Morgan fingerprint density at radius 3 is 2.04 bits per heavy atom. The van der Waals surface area contributed by atoms with E-state index in [0.29, 0.717) is 22.7 Å². The average molecular weight is 335 g/mol. The highest BCUT2D eigenvalue weighted by atomic mass is 16.7. The molecular formula is C21H21NO3. The molecule has 1 heterocycles. The van der Waals surface area contributed by atoms with E-state index >= 15 is 0 Å². The van der Waals surface area contributed by atoms with Gasteiger partial charge in [-0.15, -0.1) is 0 Å². The van der Waals surface area contributed by atoms with Crippen molar-refractivity contribution in [3.05, 3.63) is 65.7 Å². The van der Waals surface area contributed by atoms with E-state index in [-0.39, 0.29) is 0 Å². The van der Waals surface area contributed by atoms with Crippen LogP contribution in [-0.4, -0.2) is 5.11 Å². The zero-order valence-corrected chi connectivity index (χ0v) is 14.5. The molecule has 1 unspecified atom stereocenters. The smallest absolute Gasteiger partial charge is 0.275 e. The van der Waals surface area contributed by atoms with Gasteiger partial charge in [0.15, 0.2) is 11.5 Å². The van der Waals surface area contributed by atoms with Crippen molar-refractivity contribution in [3.63, 3.8) is 0 Å². The second kappa shape index (κ2) is 5.14. The number of hydrogen-bond acceptors (Lipinski definition) is 4. The summed E-state index contributed by atoms with van der Waals surface area (Å²) >= 11 is 0. The van der Waals surface area contributed by atoms with E-state index in [1.165, 1.54) is 0 Å². The number of rotatable bonds is 2. The van der Waals surface area contributed by atoms with Gasteiger partial charge in [0.2, 0.25) is 0 Å². The monoisotopic (exact) mass is 335 g/mol. The van der Waals surface area contributed by atoms with Gasteiger partial charge >= 0.3 is 0 Å². The summed E-state index contributed by atoms with van der Waals surface area (Å²) in [6, 6.07) is 17.5. The first-order valence-electron chi connectivity index (χ1n) is 8.30. The predicted molar refractivity (Wildman–Crippen MR) is 98.7 cm³/mol. The molecule has 0 radical (unpaired) electrons. The van der Waals surface area contributed by atoms with Crippen LogP contribution in [0.5, 0.6) is 11.5 Å². The summed E-state index contributed by atoms with van der Waals surface area (Å²) in [4.78, 5) is 0. The Labute approximate surface area is 146 Å². The number of benzene rings is 3. The van der Waals surface area contributed by atoms with Crippen LogP contribution >= 0.6 is 0 Å². The maximum absolute atomic E-state index is 10.3. The van der Waals surface area contributed by atoms with E-state index in [4.69, 9.17) is 15.2 Å². The van der Waals surface area contributed by atoms with Gasteiger partial charge in [0.05, 0.1) is 5.60 Å². The summed E-state index contributed by atoms with van der Waals surface area (Å²) in [6.07, 6.45) is 0. The summed E-state index contributed by atoms with van der Waals surface area (Å²) < 4.78 is 12.2. The van der Waals surface area contributed by atoms with E-state index in [9.17, 15) is 5.11 Å². The molecule has 0 aromatic heterocycles. The first-order valence-corrected chi connectivity index (χ1v) is 8.30. The Morgan fingerprint density at radius 2 is 1.48 bits per heavy atom. The summed E-state index contributed by atoms with van der Waals surface area (Å²) in [7, 11) is 0. The number of aliphatic hydroxyl groups is 1. The molecule has 4 rings (SSSR count). The zero-order chi connectivity index (χ0) is 17.8. The molecule has 4 nitrogen and oxygen atoms in total. The molecule has 128 valence electrons. The minimum atomic E-state index is -1.01. The lowest BCUT2D eigenvalue weighted by Gasteiger charge is -2.23. The first kappa shape index (κ1) is 15.8. The van der Waals surface area contributed by atoms with Crippen molar-refractivity contribution in [2.75, 3.05) is 5.73 Å². The molecule has 1 atom stereocenters. The van der Waals surface area contributed by atoms with E-state index in [1.807, 2.05) is 61.5 Å². The predicted octanol–water partition coefficient (Wildman–Crippen LogP) is 4.29. The molecule has 25 heavy (non-hydrogen) atoms. The number of nitrogens with two attached hydrogens (primary N) is 1. The van der Waals surface area contributed by atoms with Gasteiger partial charge in [0, 0.05) is 23.7 Å². The lowest BCUT2D eigenvalue weighted by atomic mass is 9.93. The maximum atomic E-state index is 10.3. The Morgan fingerprint density at radius 1 is 0.920 bits per heavy atom. The largest absolute Gasteiger partial charge is 0.445 e. The molecule has 0 spiro atoms. The quantitative estimate of drug-likeness (QED) is 0.686. The molecular weight excluding hydrogens is 314 g/mol. The number of hydrogen-bond donors (Lipinski definition) is 2. The highest BCUT2D eigenvalue weighted by Gasteiger charge is 2.38. The van der Waals surface area contributed by atoms with Crippen molar-refractivity contribution in [1.29, 1.82) is 0 Å². The van der Waals surface area contributed by atoms with Crippen LogP contribution in [0.1, 0.15) is 31.9 Å². The third-order valence-electron chi connectivity index (χ3n) is 4.64. The highest BCUT2D eigenvalue weighted by Crippen LogP contribution is 2.46. The average Bonchev–Trinajstić information content (AvgIpc) is 2.88. The van der Waals surface area contributed by atoms with Gasteiger partial charge in [-0.3, -0.25) is 0 Å². The lowest BCUT2D eigenvalue weighted by molar-refractivity contribution is -0.0679. The van der Waals surface area contributed by atoms with Crippen LogP contribution in [0.4, 0.5) is 5.69 Å². The number of anilines is 1. The Balaban J connectivity index is 1.81. The number of ether oxygens (including phenoxy) is 2. The van der Waals surface area contributed by atoms with Crippen LogP contribution in [0.3, 0.4) is 0 Å². The normalized spacial score (nSPS) is 19.4. The molecule has 0 saturated carbocycles. The Hall–Kier alpha value is -2.72. The summed E-state index contributed by atoms with van der Waals surface area (Å²) in [5, 5.41) is 12.2. The second-order valence-corrected chi connectivity index (χ2v) is 7.16. The lowest BCUT2D eigenvalue weighted by Crippen LogP contribution is -2.31. The van der Waals surface area contributed by atoms with Gasteiger partial charge < -0.3 is 20.3 Å². The van der Waals surface area contributed by atoms with Crippen molar-refractivity contribution in [3.8, 4) is 11.5 Å². The van der Waals surface area contributed by atoms with Crippen molar-refractivity contribution in [1.82, 2.24) is 0 Å². The van der Waals surface area contributed by atoms with Gasteiger partial charge in [-0.1, -0.05) is 30.3 Å². The third kappa shape index (κ3) is 2.59. The highest BCUT2D eigenvalue weighted by molar-refractivity contribution is 5.90. The van der Waals surface area contributed by atoms with E-state index in [2.05, 4.69) is 0 Å². The van der Waals surface area contributed by atoms with Crippen LogP contribution < -0.4 is 15.2 Å². The molecule has 0 fully saturated rings. The molecule has 4 heteroatoms. The minimum Gasteiger partial charge on any atom is -0.445 e. The summed E-state index contributed by atoms with van der Waals surface area (Å²) in [6.45, 7) is 5.36. The Bertz CT molecular complexity index is 960. The topological polar surface area (TPSA) is 64.7 Å². The maximum Gasteiger partial charge on any atom is 0.275 e. The molecule has 0 amide bonds. The van der Waals surface area contributed by atoms with Crippen LogP contribution in [0, 0.1) is 0 Å². The van der Waals surface area contributed by atoms with Crippen LogP contribution in [0.15, 0.2) is 54.6 Å². The van der Waals surface area contributed by atoms with E-state index < -0.39 is 11.4 Å². The number of nitrogen functional groups attached to an aromatic ring is 1. The molecule has 0 aliphatic carbocycles.